The van der Waals surface area contributed by atoms with Gasteiger partial charge in [-0.05, 0) is 48.2 Å². The van der Waals surface area contributed by atoms with Crippen LogP contribution in [0, 0.1) is 13.8 Å². The van der Waals surface area contributed by atoms with Crippen molar-refractivity contribution in [2.45, 2.75) is 20.8 Å². The fourth-order valence-corrected chi connectivity index (χ4v) is 2.13. The highest BCUT2D eigenvalue weighted by atomic mass is 16.1. The topological polar surface area (TPSA) is 29.1 Å². The molecular formula is C16H17NO. The zero-order chi connectivity index (χ0) is 13.1. The van der Waals surface area contributed by atoms with Crippen molar-refractivity contribution in [1.29, 1.82) is 0 Å². The van der Waals surface area contributed by atoms with Crippen molar-refractivity contribution in [2.75, 3.05) is 5.32 Å². The quantitative estimate of drug-likeness (QED) is 0.845. The van der Waals surface area contributed by atoms with Crippen LogP contribution in [0.4, 0.5) is 5.69 Å². The van der Waals surface area contributed by atoms with Crippen LogP contribution in [0.5, 0.6) is 0 Å². The summed E-state index contributed by atoms with van der Waals surface area (Å²) in [6.45, 7) is 5.57. The van der Waals surface area contributed by atoms with E-state index < -0.39 is 0 Å². The number of carbonyl (C=O) groups is 1. The zero-order valence-corrected chi connectivity index (χ0v) is 10.9. The molecule has 0 spiro atoms. The minimum atomic E-state index is -0.0336. The Morgan fingerprint density at radius 2 is 1.50 bits per heavy atom. The Balaban J connectivity index is 2.46. The van der Waals surface area contributed by atoms with Crippen molar-refractivity contribution in [3.8, 4) is 11.1 Å². The third kappa shape index (κ3) is 2.59. The van der Waals surface area contributed by atoms with Gasteiger partial charge < -0.3 is 5.32 Å². The van der Waals surface area contributed by atoms with E-state index in [1.807, 2.05) is 32.0 Å². The average Bonchev–Trinajstić information content (AvgIpc) is 2.34. The molecule has 0 heterocycles. The lowest BCUT2D eigenvalue weighted by atomic mass is 9.99. The van der Waals surface area contributed by atoms with E-state index in [4.69, 9.17) is 0 Å². The summed E-state index contributed by atoms with van der Waals surface area (Å²) in [6.07, 6.45) is 0. The van der Waals surface area contributed by atoms with Gasteiger partial charge >= 0.3 is 0 Å². The van der Waals surface area contributed by atoms with Crippen LogP contribution in [0.15, 0.2) is 42.5 Å². The number of amides is 1. The average molecular weight is 239 g/mol. The number of rotatable bonds is 2. The largest absolute Gasteiger partial charge is 0.326 e. The molecule has 0 aromatic heterocycles. The molecule has 0 bridgehead atoms. The summed E-state index contributed by atoms with van der Waals surface area (Å²) in [5, 5.41) is 2.88. The van der Waals surface area contributed by atoms with Gasteiger partial charge in [0.15, 0.2) is 0 Å². The van der Waals surface area contributed by atoms with Gasteiger partial charge in [-0.2, -0.15) is 0 Å². The molecule has 0 radical (unpaired) electrons. The molecule has 0 fully saturated rings. The number of hydrogen-bond donors (Lipinski definition) is 1. The number of carbonyl (C=O) groups excluding carboxylic acids is 1. The Kier molecular flexibility index (Phi) is 3.47. The van der Waals surface area contributed by atoms with Gasteiger partial charge in [-0.15, -0.1) is 0 Å². The maximum absolute atomic E-state index is 11.2. The van der Waals surface area contributed by atoms with E-state index >= 15 is 0 Å². The van der Waals surface area contributed by atoms with Crippen LogP contribution in [0.25, 0.3) is 11.1 Å². The number of anilines is 1. The number of aryl methyl sites for hydroxylation is 2. The molecule has 0 aliphatic carbocycles. The van der Waals surface area contributed by atoms with Crippen LogP contribution in [0.3, 0.4) is 0 Å². The second kappa shape index (κ2) is 5.05. The molecule has 1 N–H and O–H groups in total. The third-order valence-electron chi connectivity index (χ3n) is 2.94. The van der Waals surface area contributed by atoms with Gasteiger partial charge in [0.1, 0.15) is 0 Å². The maximum atomic E-state index is 11.2. The minimum Gasteiger partial charge on any atom is -0.326 e. The van der Waals surface area contributed by atoms with E-state index in [-0.39, 0.29) is 5.91 Å². The fraction of sp³-hybridized carbons (Fsp3) is 0.188. The molecule has 0 saturated carbocycles. The predicted octanol–water partition coefficient (Wildman–Crippen LogP) is 3.93. The first-order chi connectivity index (χ1) is 8.58. The highest BCUT2D eigenvalue weighted by Crippen LogP contribution is 2.28. The zero-order valence-electron chi connectivity index (χ0n) is 10.9. The van der Waals surface area contributed by atoms with E-state index in [0.29, 0.717) is 0 Å². The Hall–Kier alpha value is -2.09. The normalized spacial score (nSPS) is 10.2. The summed E-state index contributed by atoms with van der Waals surface area (Å²) in [6, 6.07) is 14.5. The lowest BCUT2D eigenvalue weighted by Crippen LogP contribution is -2.08. The lowest BCUT2D eigenvalue weighted by Gasteiger charge is -2.13. The van der Waals surface area contributed by atoms with Gasteiger partial charge in [0, 0.05) is 12.6 Å². The van der Waals surface area contributed by atoms with Crippen molar-refractivity contribution in [3.63, 3.8) is 0 Å². The van der Waals surface area contributed by atoms with E-state index in [1.54, 1.807) is 0 Å². The fourth-order valence-electron chi connectivity index (χ4n) is 2.13. The molecule has 0 aliphatic rings. The molecule has 0 aliphatic heterocycles. The van der Waals surface area contributed by atoms with Gasteiger partial charge in [-0.1, -0.05) is 30.3 Å². The Labute approximate surface area is 108 Å². The molecule has 2 heteroatoms. The summed E-state index contributed by atoms with van der Waals surface area (Å²) < 4.78 is 0. The molecule has 18 heavy (non-hydrogen) atoms. The van der Waals surface area contributed by atoms with Crippen molar-refractivity contribution >= 4 is 11.6 Å². The molecular weight excluding hydrogens is 222 g/mol. The Bertz CT molecular complexity index is 550. The molecule has 2 nitrogen and oxygen atoms in total. The summed E-state index contributed by atoms with van der Waals surface area (Å²) in [4.78, 5) is 11.2. The van der Waals surface area contributed by atoms with Gasteiger partial charge in [-0.25, -0.2) is 0 Å². The Morgan fingerprint density at radius 3 is 2.00 bits per heavy atom. The van der Waals surface area contributed by atoms with Crippen LogP contribution in [0.1, 0.15) is 18.1 Å². The van der Waals surface area contributed by atoms with Crippen molar-refractivity contribution in [1.82, 2.24) is 0 Å². The number of hydrogen-bond acceptors (Lipinski definition) is 1. The van der Waals surface area contributed by atoms with Crippen LogP contribution < -0.4 is 5.32 Å². The second-order valence-electron chi connectivity index (χ2n) is 4.53. The monoisotopic (exact) mass is 239 g/mol. The van der Waals surface area contributed by atoms with Gasteiger partial charge in [0.2, 0.25) is 5.91 Å². The van der Waals surface area contributed by atoms with E-state index in [1.165, 1.54) is 18.1 Å². The van der Waals surface area contributed by atoms with Gasteiger partial charge in [0.05, 0.1) is 0 Å². The van der Waals surface area contributed by atoms with E-state index in [9.17, 15) is 4.79 Å². The summed E-state index contributed by atoms with van der Waals surface area (Å²) >= 11 is 0. The molecule has 0 unspecified atom stereocenters. The predicted molar refractivity (Wildman–Crippen MR) is 75.7 cm³/mol. The van der Waals surface area contributed by atoms with Crippen LogP contribution in [-0.2, 0) is 4.79 Å². The highest BCUT2D eigenvalue weighted by Gasteiger charge is 2.07. The van der Waals surface area contributed by atoms with Crippen LogP contribution >= 0.6 is 0 Å². The molecule has 2 aromatic carbocycles. The van der Waals surface area contributed by atoms with E-state index in [2.05, 4.69) is 29.6 Å². The van der Waals surface area contributed by atoms with Gasteiger partial charge in [0.25, 0.3) is 0 Å². The molecule has 2 aromatic rings. The van der Waals surface area contributed by atoms with Gasteiger partial charge in [-0.3, -0.25) is 4.79 Å². The molecule has 1 amide bonds. The summed E-state index contributed by atoms with van der Waals surface area (Å²) in [5.41, 5.74) is 5.47. The maximum Gasteiger partial charge on any atom is 0.221 e. The smallest absolute Gasteiger partial charge is 0.221 e. The first kappa shape index (κ1) is 12.4. The SMILES string of the molecule is CC(=O)Nc1c(C)cc(-c2ccccc2)cc1C. The molecule has 0 saturated heterocycles. The van der Waals surface area contributed by atoms with Crippen LogP contribution in [-0.4, -0.2) is 5.91 Å². The standard InChI is InChI=1S/C16H17NO/c1-11-9-15(14-7-5-4-6-8-14)10-12(2)16(11)17-13(3)18/h4-10H,1-3H3,(H,17,18). The summed E-state index contributed by atoms with van der Waals surface area (Å²) in [5.74, 6) is -0.0336. The molecule has 0 atom stereocenters. The second-order valence-corrected chi connectivity index (χ2v) is 4.53. The van der Waals surface area contributed by atoms with Crippen LogP contribution in [0.2, 0.25) is 0 Å². The highest BCUT2D eigenvalue weighted by molar-refractivity contribution is 5.91. The van der Waals surface area contributed by atoms with Crippen molar-refractivity contribution in [3.05, 3.63) is 53.6 Å². The third-order valence-corrected chi connectivity index (χ3v) is 2.94. The summed E-state index contributed by atoms with van der Waals surface area (Å²) in [7, 11) is 0. The van der Waals surface area contributed by atoms with E-state index in [0.717, 1.165) is 16.8 Å². The number of benzene rings is 2. The lowest BCUT2D eigenvalue weighted by molar-refractivity contribution is -0.114. The Morgan fingerprint density at radius 1 is 0.944 bits per heavy atom. The molecule has 92 valence electrons. The van der Waals surface area contributed by atoms with Crippen molar-refractivity contribution < 1.29 is 4.79 Å². The first-order valence-corrected chi connectivity index (χ1v) is 6.02. The van der Waals surface area contributed by atoms with Crippen molar-refractivity contribution in [2.24, 2.45) is 0 Å². The first-order valence-electron chi connectivity index (χ1n) is 6.02. The molecule has 2 rings (SSSR count). The number of nitrogens with one attached hydrogen (secondary N) is 1. The minimum absolute atomic E-state index is 0.0336.